The van der Waals surface area contributed by atoms with Crippen LogP contribution < -0.4 is 5.32 Å². The lowest BCUT2D eigenvalue weighted by molar-refractivity contribution is -0.143. The van der Waals surface area contributed by atoms with E-state index in [2.05, 4.69) is 75.5 Å². The Labute approximate surface area is 224 Å². The molecule has 204 valence electrons. The van der Waals surface area contributed by atoms with Crippen LogP contribution in [0.3, 0.4) is 0 Å². The summed E-state index contributed by atoms with van der Waals surface area (Å²) in [7, 11) is 0. The number of carbonyl (C=O) groups is 1. The van der Waals surface area contributed by atoms with Gasteiger partial charge in [-0.15, -0.1) is 0 Å². The van der Waals surface area contributed by atoms with E-state index in [1.54, 1.807) is 0 Å². The van der Waals surface area contributed by atoms with Gasteiger partial charge in [-0.05, 0) is 101 Å². The van der Waals surface area contributed by atoms with Crippen molar-refractivity contribution in [3.05, 3.63) is 70.3 Å². The zero-order valence-electron chi connectivity index (χ0n) is 23.5. The fourth-order valence-electron chi connectivity index (χ4n) is 5.52. The molecule has 0 spiro atoms. The van der Waals surface area contributed by atoms with Gasteiger partial charge in [0.2, 0.25) is 0 Å². The molecule has 2 atom stereocenters. The Kier molecular flexibility index (Phi) is 11.2. The number of hydrogen-bond acceptors (Lipinski definition) is 5. The van der Waals surface area contributed by atoms with E-state index >= 15 is 0 Å². The Hall–Kier alpha value is -2.21. The number of unbranched alkanes of at least 4 members (excludes halogenated alkanes) is 1. The summed E-state index contributed by atoms with van der Waals surface area (Å²) in [5, 5.41) is 14.3. The maximum atomic E-state index is 11.6. The molecule has 2 aromatic carbocycles. The van der Waals surface area contributed by atoms with Crippen LogP contribution in [-0.4, -0.2) is 42.5 Å². The molecule has 0 aliphatic heterocycles. The number of rotatable bonds is 15. The van der Waals surface area contributed by atoms with Gasteiger partial charge in [0.15, 0.2) is 0 Å². The highest BCUT2D eigenvalue weighted by Gasteiger charge is 2.28. The first-order valence-corrected chi connectivity index (χ1v) is 14.0. The van der Waals surface area contributed by atoms with Crippen LogP contribution in [0.5, 0.6) is 0 Å². The number of ether oxygens (including phenoxy) is 2. The molecule has 2 aromatic rings. The van der Waals surface area contributed by atoms with Crippen molar-refractivity contribution in [2.75, 3.05) is 19.8 Å². The third-order valence-corrected chi connectivity index (χ3v) is 7.41. The summed E-state index contributed by atoms with van der Waals surface area (Å²) < 4.78 is 11.2. The summed E-state index contributed by atoms with van der Waals surface area (Å²) in [6, 6.07) is 15.2. The van der Waals surface area contributed by atoms with Crippen LogP contribution in [0.25, 0.3) is 0 Å². The fourth-order valence-corrected chi connectivity index (χ4v) is 5.52. The molecule has 0 bridgehead atoms. The number of aliphatic hydroxyl groups is 1. The van der Waals surface area contributed by atoms with Crippen molar-refractivity contribution in [3.8, 4) is 0 Å². The van der Waals surface area contributed by atoms with Gasteiger partial charge in [0.05, 0.1) is 25.4 Å². The summed E-state index contributed by atoms with van der Waals surface area (Å²) in [5.41, 5.74) is 6.52. The van der Waals surface area contributed by atoms with E-state index in [9.17, 15) is 9.90 Å². The molecule has 3 rings (SSSR count). The Morgan fingerprint density at radius 1 is 1.14 bits per heavy atom. The first-order chi connectivity index (χ1) is 17.7. The minimum Gasteiger partial charge on any atom is -0.466 e. The number of hydrogen-bond donors (Lipinski definition) is 2. The number of β-amino-alcohol motifs (C(OH)–C–C–N with tert-alkyl or cyclic N) is 1. The monoisotopic (exact) mass is 509 g/mol. The number of aliphatic hydroxyl groups excluding tert-OH is 1. The fraction of sp³-hybridized carbons (Fsp3) is 0.594. The van der Waals surface area contributed by atoms with Gasteiger partial charge in [-0.3, -0.25) is 4.79 Å². The van der Waals surface area contributed by atoms with Crippen molar-refractivity contribution < 1.29 is 19.4 Å². The number of fused-ring (bicyclic) bond motifs is 1. The molecule has 0 radical (unpaired) electrons. The van der Waals surface area contributed by atoms with Crippen LogP contribution in [0.2, 0.25) is 0 Å². The van der Waals surface area contributed by atoms with Gasteiger partial charge in [0.25, 0.3) is 0 Å². The van der Waals surface area contributed by atoms with Crippen molar-refractivity contribution in [1.29, 1.82) is 0 Å². The summed E-state index contributed by atoms with van der Waals surface area (Å²) in [6.07, 6.45) is 5.78. The largest absolute Gasteiger partial charge is 0.466 e. The highest BCUT2D eigenvalue weighted by atomic mass is 16.5. The second kappa shape index (κ2) is 14.1. The summed E-state index contributed by atoms with van der Waals surface area (Å²) in [5.74, 6) is 0.521. The quantitative estimate of drug-likeness (QED) is 0.232. The maximum absolute atomic E-state index is 11.6. The molecule has 5 nitrogen and oxygen atoms in total. The number of benzene rings is 2. The van der Waals surface area contributed by atoms with Gasteiger partial charge >= 0.3 is 5.97 Å². The molecule has 0 fully saturated rings. The second-order valence-electron chi connectivity index (χ2n) is 11.4. The van der Waals surface area contributed by atoms with Gasteiger partial charge in [0.1, 0.15) is 0 Å². The average Bonchev–Trinajstić information content (AvgIpc) is 3.26. The number of nitrogens with one attached hydrogen (secondary N) is 1. The predicted molar refractivity (Wildman–Crippen MR) is 150 cm³/mol. The zero-order valence-corrected chi connectivity index (χ0v) is 23.5. The molecule has 1 aliphatic carbocycles. The Balaban J connectivity index is 1.42. The first-order valence-electron chi connectivity index (χ1n) is 14.0. The molecule has 1 aliphatic rings. The topological polar surface area (TPSA) is 67.8 Å². The molecule has 0 saturated heterocycles. The van der Waals surface area contributed by atoms with Crippen molar-refractivity contribution in [1.82, 2.24) is 5.32 Å². The Morgan fingerprint density at radius 2 is 1.84 bits per heavy atom. The lowest BCUT2D eigenvalue weighted by Crippen LogP contribution is -2.45. The van der Waals surface area contributed by atoms with Gasteiger partial charge in [-0.25, -0.2) is 0 Å². The molecule has 37 heavy (non-hydrogen) atoms. The molecule has 0 aromatic heterocycles. The van der Waals surface area contributed by atoms with Crippen LogP contribution in [0.1, 0.15) is 87.3 Å². The molecular formula is C32H47NO4. The van der Waals surface area contributed by atoms with Gasteiger partial charge < -0.3 is 19.9 Å². The second-order valence-corrected chi connectivity index (χ2v) is 11.4. The van der Waals surface area contributed by atoms with E-state index in [1.807, 2.05) is 6.92 Å². The van der Waals surface area contributed by atoms with Crippen molar-refractivity contribution in [3.63, 3.8) is 0 Å². The van der Waals surface area contributed by atoms with Crippen LogP contribution in [0.15, 0.2) is 42.5 Å². The molecule has 5 heteroatoms. The number of carbonyl (C=O) groups excluding carboxylic acids is 1. The predicted octanol–water partition coefficient (Wildman–Crippen LogP) is 5.88. The first kappa shape index (κ1) is 29.3. The molecule has 2 N–H and O–H groups in total. The van der Waals surface area contributed by atoms with Crippen molar-refractivity contribution >= 4 is 5.97 Å². The van der Waals surface area contributed by atoms with Gasteiger partial charge in [0, 0.05) is 18.5 Å². The van der Waals surface area contributed by atoms with Crippen molar-refractivity contribution in [2.45, 2.75) is 97.3 Å². The van der Waals surface area contributed by atoms with E-state index < -0.39 is 6.10 Å². The van der Waals surface area contributed by atoms with E-state index in [0.29, 0.717) is 25.5 Å². The smallest absolute Gasteiger partial charge is 0.305 e. The average molecular weight is 510 g/mol. The SMILES string of the molecule is CCOC(=O)CCCCc1ccc(C)cc1[C@@H](C)OC[C@H](O)CNC(C)(C)CC1Cc2ccccc2C1. The van der Waals surface area contributed by atoms with E-state index in [-0.39, 0.29) is 24.2 Å². The standard InChI is InChI=1S/C32H47NO4/c1-6-36-31(35)14-10-9-11-26-16-15-23(2)17-30(26)24(3)37-22-29(34)21-33-32(4,5)20-25-18-27-12-7-8-13-28(27)19-25/h7-8,12-13,15-17,24-25,29,33-34H,6,9-11,14,18-22H2,1-5H3/t24-,29-/m1/s1. The third kappa shape index (κ3) is 9.55. The van der Waals surface area contributed by atoms with E-state index in [0.717, 1.165) is 44.1 Å². The summed E-state index contributed by atoms with van der Waals surface area (Å²) in [4.78, 5) is 11.6. The van der Waals surface area contributed by atoms with Crippen molar-refractivity contribution in [2.24, 2.45) is 5.92 Å². The van der Waals surface area contributed by atoms with Crippen LogP contribution >= 0.6 is 0 Å². The van der Waals surface area contributed by atoms with Gasteiger partial charge in [-0.2, -0.15) is 0 Å². The summed E-state index contributed by atoms with van der Waals surface area (Å²) >= 11 is 0. The number of esters is 1. The van der Waals surface area contributed by atoms with Crippen LogP contribution in [0.4, 0.5) is 0 Å². The third-order valence-electron chi connectivity index (χ3n) is 7.41. The zero-order chi connectivity index (χ0) is 26.8. The van der Waals surface area contributed by atoms with Crippen LogP contribution in [-0.2, 0) is 33.5 Å². The molecule has 0 amide bonds. The molecule has 0 unspecified atom stereocenters. The molecule has 0 heterocycles. The van der Waals surface area contributed by atoms with E-state index in [4.69, 9.17) is 9.47 Å². The minimum atomic E-state index is -0.569. The molecular weight excluding hydrogens is 462 g/mol. The normalized spacial score (nSPS) is 15.4. The summed E-state index contributed by atoms with van der Waals surface area (Å²) in [6.45, 7) is 11.7. The lowest BCUT2D eigenvalue weighted by atomic mass is 9.88. The van der Waals surface area contributed by atoms with E-state index in [1.165, 1.54) is 22.3 Å². The molecule has 0 saturated carbocycles. The van der Waals surface area contributed by atoms with Gasteiger partial charge in [-0.1, -0.05) is 48.0 Å². The highest BCUT2D eigenvalue weighted by Crippen LogP contribution is 2.32. The lowest BCUT2D eigenvalue weighted by Gasteiger charge is -2.31. The number of aryl methyl sites for hydroxylation is 2. The van der Waals surface area contributed by atoms with Crippen LogP contribution in [0, 0.1) is 12.8 Å². The maximum Gasteiger partial charge on any atom is 0.305 e. The minimum absolute atomic E-state index is 0.0490. The Morgan fingerprint density at radius 3 is 2.51 bits per heavy atom. The highest BCUT2D eigenvalue weighted by molar-refractivity contribution is 5.69. The Bertz CT molecular complexity index is 977.